The van der Waals surface area contributed by atoms with Crippen LogP contribution >= 0.6 is 0 Å². The fourth-order valence-corrected chi connectivity index (χ4v) is 2.42. The Morgan fingerprint density at radius 2 is 2.00 bits per heavy atom. The smallest absolute Gasteiger partial charge is 0.243 e. The highest BCUT2D eigenvalue weighted by atomic mass is 16.7. The Bertz CT molecular complexity index is 261. The molecule has 0 unspecified atom stereocenters. The van der Waals surface area contributed by atoms with Gasteiger partial charge in [-0.25, -0.2) is 0 Å². The van der Waals surface area contributed by atoms with E-state index in [1.807, 2.05) is 0 Å². The van der Waals surface area contributed by atoms with E-state index in [1.165, 1.54) is 6.08 Å². The molecule has 1 amide bonds. The summed E-state index contributed by atoms with van der Waals surface area (Å²) >= 11 is 0. The van der Waals surface area contributed by atoms with Crippen LogP contribution in [0.1, 0.15) is 25.7 Å². The van der Waals surface area contributed by atoms with Crippen LogP contribution in [0.5, 0.6) is 0 Å². The lowest BCUT2D eigenvalue weighted by atomic mass is 9.85. The molecular weight excluding hydrogens is 206 g/mol. The highest BCUT2D eigenvalue weighted by molar-refractivity contribution is 5.86. The van der Waals surface area contributed by atoms with Crippen LogP contribution in [0.25, 0.3) is 0 Å². The molecule has 4 heteroatoms. The second kappa shape index (κ2) is 4.97. The van der Waals surface area contributed by atoms with E-state index < -0.39 is 0 Å². The van der Waals surface area contributed by atoms with Crippen molar-refractivity contribution in [2.45, 2.75) is 31.5 Å². The van der Waals surface area contributed by atoms with E-state index in [0.717, 1.165) is 45.4 Å². The van der Waals surface area contributed by atoms with Crippen LogP contribution in [-0.2, 0) is 14.3 Å². The summed E-state index contributed by atoms with van der Waals surface area (Å²) in [5.41, 5.74) is 0. The second-order valence-corrected chi connectivity index (χ2v) is 4.50. The van der Waals surface area contributed by atoms with Crippen molar-refractivity contribution in [2.24, 2.45) is 5.92 Å². The zero-order chi connectivity index (χ0) is 11.4. The largest absolute Gasteiger partial charge is 0.352 e. The van der Waals surface area contributed by atoms with Gasteiger partial charge < -0.3 is 14.8 Å². The van der Waals surface area contributed by atoms with E-state index in [0.29, 0.717) is 5.92 Å². The summed E-state index contributed by atoms with van der Waals surface area (Å²) in [5, 5.41) is 2.84. The van der Waals surface area contributed by atoms with Gasteiger partial charge in [0.2, 0.25) is 5.91 Å². The van der Waals surface area contributed by atoms with Crippen molar-refractivity contribution >= 4 is 5.91 Å². The number of hydrogen-bond acceptors (Lipinski definition) is 3. The molecule has 2 fully saturated rings. The number of hydrogen-bond donors (Lipinski definition) is 1. The van der Waals surface area contributed by atoms with Crippen molar-refractivity contribution in [3.8, 4) is 0 Å². The van der Waals surface area contributed by atoms with Gasteiger partial charge in [-0.05, 0) is 24.8 Å². The highest BCUT2D eigenvalue weighted by Gasteiger charge is 2.40. The molecule has 0 aromatic rings. The normalized spacial score (nSPS) is 24.5. The topological polar surface area (TPSA) is 47.6 Å². The number of carbonyl (C=O) groups is 1. The van der Waals surface area contributed by atoms with Gasteiger partial charge in [-0.3, -0.25) is 4.79 Å². The summed E-state index contributed by atoms with van der Waals surface area (Å²) in [6.07, 6.45) is 5.31. The van der Waals surface area contributed by atoms with Crippen LogP contribution in [0.3, 0.4) is 0 Å². The van der Waals surface area contributed by atoms with Gasteiger partial charge in [-0.1, -0.05) is 6.58 Å². The van der Waals surface area contributed by atoms with E-state index in [1.54, 1.807) is 0 Å². The summed E-state index contributed by atoms with van der Waals surface area (Å²) in [7, 11) is 0. The Balaban J connectivity index is 1.72. The molecule has 1 saturated heterocycles. The standard InChI is InChI=1S/C12H19NO3/c1-2-11(14)13-9-10-3-5-12(6-4-10)15-7-8-16-12/h2,10H,1,3-9H2,(H,13,14). The van der Waals surface area contributed by atoms with Crippen molar-refractivity contribution in [3.05, 3.63) is 12.7 Å². The monoisotopic (exact) mass is 225 g/mol. The average Bonchev–Trinajstić information content (AvgIpc) is 2.77. The molecule has 1 aliphatic carbocycles. The summed E-state index contributed by atoms with van der Waals surface area (Å²) in [4.78, 5) is 11.0. The molecule has 0 atom stereocenters. The van der Waals surface area contributed by atoms with Crippen molar-refractivity contribution in [2.75, 3.05) is 19.8 Å². The van der Waals surface area contributed by atoms with Crippen molar-refractivity contribution in [3.63, 3.8) is 0 Å². The molecule has 1 saturated carbocycles. The molecule has 2 aliphatic rings. The molecule has 4 nitrogen and oxygen atoms in total. The summed E-state index contributed by atoms with van der Waals surface area (Å²) < 4.78 is 11.3. The molecule has 2 rings (SSSR count). The minimum atomic E-state index is -0.293. The Morgan fingerprint density at radius 1 is 1.38 bits per heavy atom. The van der Waals surface area contributed by atoms with Gasteiger partial charge in [-0.15, -0.1) is 0 Å². The quantitative estimate of drug-likeness (QED) is 0.735. The van der Waals surface area contributed by atoms with Gasteiger partial charge in [0.25, 0.3) is 0 Å². The minimum Gasteiger partial charge on any atom is -0.352 e. The van der Waals surface area contributed by atoms with Gasteiger partial charge >= 0.3 is 0 Å². The molecule has 16 heavy (non-hydrogen) atoms. The third-order valence-corrected chi connectivity index (χ3v) is 3.43. The van der Waals surface area contributed by atoms with Crippen molar-refractivity contribution in [1.82, 2.24) is 5.32 Å². The van der Waals surface area contributed by atoms with E-state index in [4.69, 9.17) is 9.47 Å². The molecule has 1 heterocycles. The SMILES string of the molecule is C=CC(=O)NCC1CCC2(CC1)OCCO2. The number of nitrogens with one attached hydrogen (secondary N) is 1. The summed E-state index contributed by atoms with van der Waals surface area (Å²) in [6, 6.07) is 0. The predicted octanol–water partition coefficient (Wildman–Crippen LogP) is 1.22. The van der Waals surface area contributed by atoms with Crippen molar-refractivity contribution in [1.29, 1.82) is 0 Å². The van der Waals surface area contributed by atoms with Crippen LogP contribution in [-0.4, -0.2) is 31.5 Å². The first-order chi connectivity index (χ1) is 7.74. The van der Waals surface area contributed by atoms with Gasteiger partial charge in [0.15, 0.2) is 5.79 Å². The Morgan fingerprint density at radius 3 is 2.56 bits per heavy atom. The minimum absolute atomic E-state index is 0.0892. The first-order valence-electron chi connectivity index (χ1n) is 5.92. The van der Waals surface area contributed by atoms with Gasteiger partial charge in [0.05, 0.1) is 13.2 Å². The Kier molecular flexibility index (Phi) is 3.61. The van der Waals surface area contributed by atoms with E-state index in [2.05, 4.69) is 11.9 Å². The molecule has 90 valence electrons. The summed E-state index contributed by atoms with van der Waals surface area (Å²) in [6.45, 7) is 5.61. The molecule has 0 aromatic heterocycles. The van der Waals surface area contributed by atoms with Crippen LogP contribution in [0, 0.1) is 5.92 Å². The third kappa shape index (κ3) is 2.62. The molecule has 0 bridgehead atoms. The predicted molar refractivity (Wildman–Crippen MR) is 59.8 cm³/mol. The van der Waals surface area contributed by atoms with E-state index in [9.17, 15) is 4.79 Å². The lowest BCUT2D eigenvalue weighted by Crippen LogP contribution is -2.38. The highest BCUT2D eigenvalue weighted by Crippen LogP contribution is 2.37. The Hall–Kier alpha value is -0.870. The third-order valence-electron chi connectivity index (χ3n) is 3.43. The number of carbonyl (C=O) groups excluding carboxylic acids is 1. The lowest BCUT2D eigenvalue weighted by Gasteiger charge is -2.35. The zero-order valence-corrected chi connectivity index (χ0v) is 9.54. The van der Waals surface area contributed by atoms with E-state index >= 15 is 0 Å². The van der Waals surface area contributed by atoms with Crippen LogP contribution in [0.2, 0.25) is 0 Å². The fourth-order valence-electron chi connectivity index (χ4n) is 2.42. The van der Waals surface area contributed by atoms with Crippen LogP contribution in [0.4, 0.5) is 0 Å². The molecule has 1 aliphatic heterocycles. The Labute approximate surface area is 96.0 Å². The number of ether oxygens (including phenoxy) is 2. The van der Waals surface area contributed by atoms with Gasteiger partial charge in [0.1, 0.15) is 0 Å². The van der Waals surface area contributed by atoms with Crippen LogP contribution < -0.4 is 5.32 Å². The maximum absolute atomic E-state index is 11.0. The molecule has 0 aromatic carbocycles. The maximum Gasteiger partial charge on any atom is 0.243 e. The first kappa shape index (κ1) is 11.6. The zero-order valence-electron chi connectivity index (χ0n) is 9.54. The lowest BCUT2D eigenvalue weighted by molar-refractivity contribution is -0.182. The first-order valence-corrected chi connectivity index (χ1v) is 5.92. The average molecular weight is 225 g/mol. The van der Waals surface area contributed by atoms with Gasteiger partial charge in [0, 0.05) is 19.4 Å². The maximum atomic E-state index is 11.0. The van der Waals surface area contributed by atoms with E-state index in [-0.39, 0.29) is 11.7 Å². The fraction of sp³-hybridized carbons (Fsp3) is 0.750. The van der Waals surface area contributed by atoms with Crippen molar-refractivity contribution < 1.29 is 14.3 Å². The number of amides is 1. The molecule has 1 N–H and O–H groups in total. The summed E-state index contributed by atoms with van der Waals surface area (Å²) in [5.74, 6) is 0.162. The molecule has 0 radical (unpaired) electrons. The van der Waals surface area contributed by atoms with Crippen LogP contribution in [0.15, 0.2) is 12.7 Å². The molecular formula is C12H19NO3. The number of rotatable bonds is 3. The molecule has 1 spiro atoms. The second-order valence-electron chi connectivity index (χ2n) is 4.50. The van der Waals surface area contributed by atoms with Gasteiger partial charge in [-0.2, -0.15) is 0 Å².